The molecule has 1 aliphatic carbocycles. The van der Waals surface area contributed by atoms with Gasteiger partial charge in [0.2, 0.25) is 5.91 Å². The van der Waals surface area contributed by atoms with Crippen molar-refractivity contribution in [2.75, 3.05) is 24.5 Å². The van der Waals surface area contributed by atoms with E-state index in [0.717, 1.165) is 0 Å². The predicted octanol–water partition coefficient (Wildman–Crippen LogP) is 1.75. The smallest absolute Gasteiger partial charge is 0.315 e. The van der Waals surface area contributed by atoms with Crippen molar-refractivity contribution in [2.24, 2.45) is 5.92 Å². The molecule has 1 saturated heterocycles. The summed E-state index contributed by atoms with van der Waals surface area (Å²) in [4.78, 5) is 25.1. The fraction of sp³-hybridized carbons (Fsp3) is 0.556. The number of nitrogens with zero attached hydrogens (tertiary/aromatic N) is 1. The van der Waals surface area contributed by atoms with Crippen LogP contribution in [0.3, 0.4) is 0 Å². The number of hydrogen-bond acceptors (Lipinski definition) is 3. The Morgan fingerprint density at radius 3 is 2.88 bits per heavy atom. The minimum Gasteiger partial charge on any atom is -0.358 e. The number of benzene rings is 1. The summed E-state index contributed by atoms with van der Waals surface area (Å²) in [5, 5.41) is 8.43. The van der Waals surface area contributed by atoms with E-state index < -0.39 is 0 Å². The zero-order valence-corrected chi connectivity index (χ0v) is 14.5. The van der Waals surface area contributed by atoms with Crippen molar-refractivity contribution in [3.63, 3.8) is 0 Å². The van der Waals surface area contributed by atoms with E-state index >= 15 is 0 Å². The van der Waals surface area contributed by atoms with Gasteiger partial charge in [-0.05, 0) is 43.4 Å². The number of urea groups is 1. The van der Waals surface area contributed by atoms with Gasteiger partial charge < -0.3 is 20.9 Å². The second-order valence-electron chi connectivity index (χ2n) is 6.86. The van der Waals surface area contributed by atoms with Gasteiger partial charge >= 0.3 is 6.03 Å². The third-order valence-electron chi connectivity index (χ3n) is 5.06. The average Bonchev–Trinajstić information content (AvgIpc) is 2.51. The highest BCUT2D eigenvalue weighted by molar-refractivity contribution is 5.82. The van der Waals surface area contributed by atoms with Gasteiger partial charge in [0.15, 0.2) is 0 Å². The third kappa shape index (κ3) is 4.41. The SMILES string of the molecule is C[C@@H](NC(=O)NCc1ccc(N2CCNC(=O)C2)c(F)c1)C1CCC1. The zero-order chi connectivity index (χ0) is 17.8. The highest BCUT2D eigenvalue weighted by Gasteiger charge is 2.25. The summed E-state index contributed by atoms with van der Waals surface area (Å²) >= 11 is 0. The Morgan fingerprint density at radius 1 is 1.44 bits per heavy atom. The summed E-state index contributed by atoms with van der Waals surface area (Å²) in [6, 6.07) is 4.80. The quantitative estimate of drug-likeness (QED) is 0.759. The second-order valence-corrected chi connectivity index (χ2v) is 6.86. The number of amides is 3. The summed E-state index contributed by atoms with van der Waals surface area (Å²) in [6.07, 6.45) is 3.58. The third-order valence-corrected chi connectivity index (χ3v) is 5.06. The van der Waals surface area contributed by atoms with Crippen LogP contribution in [-0.4, -0.2) is 37.6 Å². The molecule has 1 aromatic carbocycles. The first-order valence-electron chi connectivity index (χ1n) is 8.87. The van der Waals surface area contributed by atoms with E-state index in [0.29, 0.717) is 30.3 Å². The van der Waals surface area contributed by atoms with Crippen LogP contribution in [-0.2, 0) is 11.3 Å². The average molecular weight is 348 g/mol. The number of rotatable bonds is 5. The van der Waals surface area contributed by atoms with E-state index in [1.165, 1.54) is 25.3 Å². The number of carbonyl (C=O) groups is 2. The van der Waals surface area contributed by atoms with Gasteiger partial charge in [-0.25, -0.2) is 9.18 Å². The van der Waals surface area contributed by atoms with Crippen LogP contribution in [0, 0.1) is 11.7 Å². The Balaban J connectivity index is 1.52. The number of nitrogens with one attached hydrogen (secondary N) is 3. The molecule has 2 fully saturated rings. The molecular formula is C18H25FN4O2. The predicted molar refractivity (Wildman–Crippen MR) is 93.8 cm³/mol. The van der Waals surface area contributed by atoms with E-state index in [4.69, 9.17) is 0 Å². The molecular weight excluding hydrogens is 323 g/mol. The summed E-state index contributed by atoms with van der Waals surface area (Å²) in [7, 11) is 0. The van der Waals surface area contributed by atoms with Crippen molar-refractivity contribution >= 4 is 17.6 Å². The van der Waals surface area contributed by atoms with Crippen LogP contribution in [0.15, 0.2) is 18.2 Å². The lowest BCUT2D eigenvalue weighted by Crippen LogP contribution is -2.48. The molecule has 25 heavy (non-hydrogen) atoms. The number of carbonyl (C=O) groups excluding carboxylic acids is 2. The molecule has 136 valence electrons. The van der Waals surface area contributed by atoms with Crippen LogP contribution < -0.4 is 20.9 Å². The maximum absolute atomic E-state index is 14.4. The Hall–Kier alpha value is -2.31. The van der Waals surface area contributed by atoms with Gasteiger partial charge in [0, 0.05) is 25.7 Å². The molecule has 2 aliphatic rings. The van der Waals surface area contributed by atoms with Gasteiger partial charge in [0.1, 0.15) is 5.82 Å². The van der Waals surface area contributed by atoms with E-state index in [1.807, 2.05) is 6.92 Å². The standard InChI is InChI=1S/C18H25FN4O2/c1-12(14-3-2-4-14)22-18(25)21-10-13-5-6-16(15(19)9-13)23-8-7-20-17(24)11-23/h5-6,9,12,14H,2-4,7-8,10-11H2,1H3,(H,20,24)(H2,21,22,25)/t12-/m1/s1. The van der Waals surface area contributed by atoms with E-state index in [2.05, 4.69) is 16.0 Å². The lowest BCUT2D eigenvalue weighted by atomic mass is 9.80. The van der Waals surface area contributed by atoms with E-state index in [9.17, 15) is 14.0 Å². The van der Waals surface area contributed by atoms with Crippen LogP contribution in [0.4, 0.5) is 14.9 Å². The molecule has 1 aromatic rings. The fourth-order valence-corrected chi connectivity index (χ4v) is 3.26. The molecule has 0 radical (unpaired) electrons. The molecule has 1 aliphatic heterocycles. The Labute approximate surface area is 147 Å². The first-order valence-corrected chi connectivity index (χ1v) is 8.87. The summed E-state index contributed by atoms with van der Waals surface area (Å²) < 4.78 is 14.4. The number of piperazine rings is 1. The lowest BCUT2D eigenvalue weighted by Gasteiger charge is -2.31. The van der Waals surface area contributed by atoms with Gasteiger partial charge in [-0.1, -0.05) is 12.5 Å². The first-order chi connectivity index (χ1) is 12.0. The molecule has 6 nitrogen and oxygen atoms in total. The highest BCUT2D eigenvalue weighted by Crippen LogP contribution is 2.29. The molecule has 3 rings (SSSR count). The van der Waals surface area contributed by atoms with Gasteiger partial charge in [0.05, 0.1) is 12.2 Å². The topological polar surface area (TPSA) is 73.5 Å². The molecule has 1 atom stereocenters. The van der Waals surface area contributed by atoms with Gasteiger partial charge in [-0.2, -0.15) is 0 Å². The molecule has 1 saturated carbocycles. The largest absolute Gasteiger partial charge is 0.358 e. The molecule has 0 spiro atoms. The summed E-state index contributed by atoms with van der Waals surface area (Å²) in [6.45, 7) is 3.55. The molecule has 3 N–H and O–H groups in total. The van der Waals surface area contributed by atoms with Crippen molar-refractivity contribution in [1.29, 1.82) is 0 Å². The minimum atomic E-state index is -0.378. The van der Waals surface area contributed by atoms with Crippen molar-refractivity contribution < 1.29 is 14.0 Å². The summed E-state index contributed by atoms with van der Waals surface area (Å²) in [5.41, 5.74) is 1.11. The Bertz CT molecular complexity index is 648. The van der Waals surface area contributed by atoms with Crippen molar-refractivity contribution in [3.05, 3.63) is 29.6 Å². The van der Waals surface area contributed by atoms with Crippen molar-refractivity contribution in [1.82, 2.24) is 16.0 Å². The maximum atomic E-state index is 14.4. The van der Waals surface area contributed by atoms with E-state index in [-0.39, 0.29) is 36.9 Å². The summed E-state index contributed by atoms with van der Waals surface area (Å²) in [5.74, 6) is 0.0927. The lowest BCUT2D eigenvalue weighted by molar-refractivity contribution is -0.120. The van der Waals surface area contributed by atoms with Crippen LogP contribution in [0.2, 0.25) is 0 Å². The van der Waals surface area contributed by atoms with Crippen LogP contribution in [0.5, 0.6) is 0 Å². The van der Waals surface area contributed by atoms with Gasteiger partial charge in [0.25, 0.3) is 0 Å². The van der Waals surface area contributed by atoms with Crippen LogP contribution in [0.25, 0.3) is 0 Å². The molecule has 0 aromatic heterocycles. The monoisotopic (exact) mass is 348 g/mol. The zero-order valence-electron chi connectivity index (χ0n) is 14.5. The molecule has 0 bridgehead atoms. The molecule has 3 amide bonds. The Kier molecular flexibility index (Phi) is 5.40. The van der Waals surface area contributed by atoms with Crippen molar-refractivity contribution in [2.45, 2.75) is 38.8 Å². The highest BCUT2D eigenvalue weighted by atomic mass is 19.1. The second kappa shape index (κ2) is 7.72. The molecule has 0 unspecified atom stereocenters. The number of anilines is 1. The number of hydrogen-bond donors (Lipinski definition) is 3. The van der Waals surface area contributed by atoms with E-state index in [1.54, 1.807) is 17.0 Å². The molecule has 7 heteroatoms. The van der Waals surface area contributed by atoms with Crippen molar-refractivity contribution in [3.8, 4) is 0 Å². The molecule has 1 heterocycles. The van der Waals surface area contributed by atoms with Crippen LogP contribution in [0.1, 0.15) is 31.7 Å². The van der Waals surface area contributed by atoms with Gasteiger partial charge in [-0.15, -0.1) is 0 Å². The first kappa shape index (κ1) is 17.5. The van der Waals surface area contributed by atoms with Gasteiger partial charge in [-0.3, -0.25) is 4.79 Å². The minimum absolute atomic E-state index is 0.103. The fourth-order valence-electron chi connectivity index (χ4n) is 3.26. The number of halogens is 1. The van der Waals surface area contributed by atoms with Crippen LogP contribution >= 0.6 is 0 Å². The normalized spacial score (nSPS) is 19.0. The maximum Gasteiger partial charge on any atom is 0.315 e. The Morgan fingerprint density at radius 2 is 2.24 bits per heavy atom.